The molecule has 2 amide bonds. The molecule has 0 spiro atoms. The van der Waals surface area contributed by atoms with E-state index in [1.807, 2.05) is 36.5 Å². The Balaban J connectivity index is 1.11. The van der Waals surface area contributed by atoms with E-state index in [0.717, 1.165) is 61.9 Å². The summed E-state index contributed by atoms with van der Waals surface area (Å²) in [6.07, 6.45) is 8.32. The average molecular weight is 477 g/mol. The van der Waals surface area contributed by atoms with E-state index >= 15 is 0 Å². The molecule has 1 saturated carbocycles. The number of anilines is 2. The number of pyridine rings is 1. The molecular weight excluding hydrogens is 440 g/mol. The van der Waals surface area contributed by atoms with Gasteiger partial charge in [0, 0.05) is 45.5 Å². The number of nitrogens with two attached hydrogens (primary N) is 1. The van der Waals surface area contributed by atoms with Gasteiger partial charge in [0.1, 0.15) is 5.75 Å². The molecule has 1 aliphatic heterocycles. The van der Waals surface area contributed by atoms with Crippen molar-refractivity contribution in [2.24, 2.45) is 17.6 Å². The van der Waals surface area contributed by atoms with E-state index in [1.165, 1.54) is 25.1 Å². The number of fused-ring (bicyclic) bond motifs is 1. The van der Waals surface area contributed by atoms with Crippen LogP contribution in [-0.4, -0.2) is 66.9 Å². The molecular formula is C27H36N6O2. The summed E-state index contributed by atoms with van der Waals surface area (Å²) in [5, 5.41) is 4.38. The number of piperazine rings is 1. The molecule has 3 aromatic rings. The fourth-order valence-corrected chi connectivity index (χ4v) is 5.72. The SMILES string of the molecule is COc1ccccc1N1CCN(CC2CCC(CN(C(N)=O)c3cnn4ccccc34)CC2)CC1. The number of urea groups is 1. The van der Waals surface area contributed by atoms with Gasteiger partial charge in [-0.2, -0.15) is 5.10 Å². The molecule has 8 nitrogen and oxygen atoms in total. The molecule has 0 bridgehead atoms. The molecule has 2 fully saturated rings. The summed E-state index contributed by atoms with van der Waals surface area (Å²) in [6.45, 7) is 6.06. The summed E-state index contributed by atoms with van der Waals surface area (Å²) < 4.78 is 7.34. The van der Waals surface area contributed by atoms with Gasteiger partial charge in [-0.05, 0) is 61.8 Å². The fourth-order valence-electron chi connectivity index (χ4n) is 5.72. The first-order valence-electron chi connectivity index (χ1n) is 12.7. The van der Waals surface area contributed by atoms with Crippen LogP contribution in [-0.2, 0) is 0 Å². The third kappa shape index (κ3) is 5.22. The number of rotatable bonds is 7. The highest BCUT2D eigenvalue weighted by Gasteiger charge is 2.28. The van der Waals surface area contributed by atoms with E-state index in [4.69, 9.17) is 10.5 Å². The summed E-state index contributed by atoms with van der Waals surface area (Å²) in [5.41, 5.74) is 8.69. The minimum atomic E-state index is -0.404. The predicted molar refractivity (Wildman–Crippen MR) is 139 cm³/mol. The third-order valence-electron chi connectivity index (χ3n) is 7.68. The Bertz CT molecular complexity index is 1130. The Labute approximate surface area is 207 Å². The first-order chi connectivity index (χ1) is 17.1. The van der Waals surface area contributed by atoms with Crippen molar-refractivity contribution >= 4 is 22.9 Å². The number of nitrogens with zero attached hydrogens (tertiary/aromatic N) is 5. The summed E-state index contributed by atoms with van der Waals surface area (Å²) in [5.74, 6) is 2.15. The zero-order valence-corrected chi connectivity index (χ0v) is 20.6. The zero-order valence-electron chi connectivity index (χ0n) is 20.6. The maximum atomic E-state index is 12.3. The van der Waals surface area contributed by atoms with Crippen molar-refractivity contribution in [2.45, 2.75) is 25.7 Å². The van der Waals surface area contributed by atoms with Gasteiger partial charge in [0.15, 0.2) is 0 Å². The van der Waals surface area contributed by atoms with Gasteiger partial charge in [0.05, 0.1) is 30.2 Å². The van der Waals surface area contributed by atoms with Crippen molar-refractivity contribution in [2.75, 3.05) is 56.2 Å². The van der Waals surface area contributed by atoms with Gasteiger partial charge in [-0.25, -0.2) is 9.31 Å². The summed E-state index contributed by atoms with van der Waals surface area (Å²) >= 11 is 0. The standard InChI is InChI=1S/C27H36N6O2/c1-35-26-8-3-2-7-24(26)31-16-14-30(15-17-31)19-21-9-11-22(12-10-21)20-32(27(28)34)25-18-29-33-13-5-4-6-23(25)33/h2-8,13,18,21-22H,9-12,14-17,19-20H2,1H3,(H2,28,34). The Morgan fingerprint density at radius 2 is 1.74 bits per heavy atom. The van der Waals surface area contributed by atoms with Gasteiger partial charge < -0.3 is 15.4 Å². The molecule has 2 aliphatic rings. The Hall–Kier alpha value is -3.26. The van der Waals surface area contributed by atoms with Crippen molar-refractivity contribution in [3.63, 3.8) is 0 Å². The average Bonchev–Trinajstić information content (AvgIpc) is 3.32. The predicted octanol–water partition coefficient (Wildman–Crippen LogP) is 3.86. The smallest absolute Gasteiger partial charge is 0.319 e. The number of benzene rings is 1. The molecule has 5 rings (SSSR count). The summed E-state index contributed by atoms with van der Waals surface area (Å²) in [7, 11) is 1.74. The number of carbonyl (C=O) groups excluding carboxylic acids is 1. The van der Waals surface area contributed by atoms with Gasteiger partial charge >= 0.3 is 6.03 Å². The highest BCUT2D eigenvalue weighted by molar-refractivity contribution is 5.95. The molecule has 0 unspecified atom stereocenters. The van der Waals surface area contributed by atoms with Gasteiger partial charge in [-0.15, -0.1) is 0 Å². The van der Waals surface area contributed by atoms with Crippen LogP contribution in [0.4, 0.5) is 16.2 Å². The number of carbonyl (C=O) groups is 1. The molecule has 8 heteroatoms. The van der Waals surface area contributed by atoms with E-state index in [-0.39, 0.29) is 0 Å². The lowest BCUT2D eigenvalue weighted by atomic mass is 9.81. The van der Waals surface area contributed by atoms with Crippen molar-refractivity contribution in [1.82, 2.24) is 14.5 Å². The normalized spacial score (nSPS) is 21.2. The van der Waals surface area contributed by atoms with Crippen LogP contribution in [0.5, 0.6) is 5.75 Å². The maximum absolute atomic E-state index is 12.3. The Morgan fingerprint density at radius 1 is 1.03 bits per heavy atom. The van der Waals surface area contributed by atoms with Crippen LogP contribution in [0.15, 0.2) is 54.9 Å². The molecule has 1 aliphatic carbocycles. The first kappa shape index (κ1) is 23.5. The summed E-state index contributed by atoms with van der Waals surface area (Å²) in [6, 6.07) is 13.8. The number of methoxy groups -OCH3 is 1. The number of para-hydroxylation sites is 2. The van der Waals surface area contributed by atoms with Crippen LogP contribution in [0, 0.1) is 11.8 Å². The zero-order chi connectivity index (χ0) is 24.2. The van der Waals surface area contributed by atoms with Gasteiger partial charge in [-0.3, -0.25) is 9.80 Å². The quantitative estimate of drug-likeness (QED) is 0.560. The Morgan fingerprint density at radius 3 is 2.49 bits per heavy atom. The van der Waals surface area contributed by atoms with E-state index in [1.54, 1.807) is 22.7 Å². The topological polar surface area (TPSA) is 79.3 Å². The van der Waals surface area contributed by atoms with E-state index in [9.17, 15) is 4.79 Å². The first-order valence-corrected chi connectivity index (χ1v) is 12.7. The van der Waals surface area contributed by atoms with E-state index < -0.39 is 6.03 Å². The second kappa shape index (κ2) is 10.6. The number of hydrogen-bond donors (Lipinski definition) is 1. The van der Waals surface area contributed by atoms with Gasteiger partial charge in [0.25, 0.3) is 0 Å². The van der Waals surface area contributed by atoms with Crippen molar-refractivity contribution < 1.29 is 9.53 Å². The molecule has 3 heterocycles. The molecule has 1 saturated heterocycles. The molecule has 2 N–H and O–H groups in total. The minimum absolute atomic E-state index is 0.404. The fraction of sp³-hybridized carbons (Fsp3) is 0.481. The number of aromatic nitrogens is 2. The monoisotopic (exact) mass is 476 g/mol. The second-order valence-electron chi connectivity index (χ2n) is 9.86. The third-order valence-corrected chi connectivity index (χ3v) is 7.68. The van der Waals surface area contributed by atoms with E-state index in [2.05, 4.69) is 27.0 Å². The van der Waals surface area contributed by atoms with Gasteiger partial charge in [0.2, 0.25) is 0 Å². The highest BCUT2D eigenvalue weighted by Crippen LogP contribution is 2.33. The van der Waals surface area contributed by atoms with Crippen LogP contribution < -0.4 is 20.3 Å². The van der Waals surface area contributed by atoms with Crippen molar-refractivity contribution in [1.29, 1.82) is 0 Å². The lowest BCUT2D eigenvalue weighted by Gasteiger charge is -2.39. The molecule has 35 heavy (non-hydrogen) atoms. The van der Waals surface area contributed by atoms with E-state index in [0.29, 0.717) is 12.5 Å². The van der Waals surface area contributed by atoms with Crippen LogP contribution in [0.2, 0.25) is 0 Å². The molecule has 1 aromatic carbocycles. The number of hydrogen-bond acceptors (Lipinski definition) is 5. The number of primary amides is 1. The molecule has 2 aromatic heterocycles. The lowest BCUT2D eigenvalue weighted by molar-refractivity contribution is 0.174. The maximum Gasteiger partial charge on any atom is 0.319 e. The van der Waals surface area contributed by atoms with Crippen LogP contribution in [0.1, 0.15) is 25.7 Å². The Kier molecular flexibility index (Phi) is 7.08. The van der Waals surface area contributed by atoms with Crippen molar-refractivity contribution in [3.8, 4) is 5.75 Å². The van der Waals surface area contributed by atoms with Crippen LogP contribution in [0.3, 0.4) is 0 Å². The van der Waals surface area contributed by atoms with Gasteiger partial charge in [-0.1, -0.05) is 18.2 Å². The number of ether oxygens (including phenoxy) is 1. The minimum Gasteiger partial charge on any atom is -0.495 e. The molecule has 0 radical (unpaired) electrons. The molecule has 0 atom stereocenters. The van der Waals surface area contributed by atoms with Crippen LogP contribution in [0.25, 0.3) is 5.52 Å². The second-order valence-corrected chi connectivity index (χ2v) is 9.86. The highest BCUT2D eigenvalue weighted by atomic mass is 16.5. The number of amides is 2. The molecule has 186 valence electrons. The largest absolute Gasteiger partial charge is 0.495 e. The lowest BCUT2D eigenvalue weighted by Crippen LogP contribution is -2.48. The van der Waals surface area contributed by atoms with Crippen LogP contribution >= 0.6 is 0 Å². The van der Waals surface area contributed by atoms with Crippen molar-refractivity contribution in [3.05, 3.63) is 54.9 Å². The summed E-state index contributed by atoms with van der Waals surface area (Å²) in [4.78, 5) is 19.1.